The molecule has 3 heterocycles. The van der Waals surface area contributed by atoms with Gasteiger partial charge in [-0.1, -0.05) is 18.6 Å². The molecule has 1 saturated carbocycles. The molecule has 0 aromatic heterocycles. The van der Waals surface area contributed by atoms with Gasteiger partial charge in [0, 0.05) is 11.8 Å². The van der Waals surface area contributed by atoms with Crippen molar-refractivity contribution in [2.24, 2.45) is 16.7 Å². The van der Waals surface area contributed by atoms with Gasteiger partial charge in [-0.25, -0.2) is 0 Å². The van der Waals surface area contributed by atoms with Crippen LogP contribution in [-0.2, 0) is 9.47 Å². The van der Waals surface area contributed by atoms with Crippen molar-refractivity contribution in [3.8, 4) is 0 Å². The number of ether oxygens (including phenoxy) is 2. The van der Waals surface area contributed by atoms with Gasteiger partial charge >= 0.3 is 0 Å². The Bertz CT molecular complexity index is 530. The van der Waals surface area contributed by atoms with Crippen molar-refractivity contribution in [1.29, 1.82) is 0 Å². The molecule has 7 unspecified atom stereocenters. The van der Waals surface area contributed by atoms with Gasteiger partial charge in [0.2, 0.25) is 0 Å². The van der Waals surface area contributed by atoms with E-state index in [1.54, 1.807) is 0 Å². The van der Waals surface area contributed by atoms with Crippen LogP contribution < -0.4 is 0 Å². The molecule has 5 rings (SSSR count). The van der Waals surface area contributed by atoms with Crippen LogP contribution in [-0.4, -0.2) is 57.4 Å². The Morgan fingerprint density at radius 3 is 2.76 bits per heavy atom. The first-order chi connectivity index (χ1) is 9.75. The molecule has 4 fully saturated rings. The third-order valence-electron chi connectivity index (χ3n) is 6.66. The van der Waals surface area contributed by atoms with E-state index in [4.69, 9.17) is 9.47 Å². The lowest BCUT2D eigenvalue weighted by atomic mass is 9.47. The van der Waals surface area contributed by atoms with E-state index < -0.39 is 34.6 Å². The molecular weight excluding hydrogens is 276 g/mol. The van der Waals surface area contributed by atoms with E-state index >= 15 is 0 Å². The minimum Gasteiger partial charge on any atom is -0.395 e. The zero-order chi connectivity index (χ0) is 15.3. The van der Waals surface area contributed by atoms with Gasteiger partial charge < -0.3 is 29.9 Å². The Balaban J connectivity index is 2.04. The Morgan fingerprint density at radius 2 is 2.10 bits per heavy atom. The van der Waals surface area contributed by atoms with Crippen LogP contribution in [0.3, 0.4) is 0 Å². The lowest BCUT2D eigenvalue weighted by molar-refractivity contribution is -0.409. The third kappa shape index (κ3) is 1.20. The van der Waals surface area contributed by atoms with E-state index in [9.17, 15) is 20.4 Å². The molecule has 4 bridgehead atoms. The van der Waals surface area contributed by atoms with Gasteiger partial charge in [-0.05, 0) is 19.3 Å². The standard InChI is InChI=1S/C15H22O6/c1-8-3-4-9-13(6-16)7-20-11-10(17)14(8,9)5-15(19,21-11)12(13,2)18/h4,8,10-11,16-19H,3,5-7H2,1-2H3. The normalized spacial score (nSPS) is 61.6. The summed E-state index contributed by atoms with van der Waals surface area (Å²) in [5, 5.41) is 42.9. The van der Waals surface area contributed by atoms with Crippen LogP contribution >= 0.6 is 0 Å². The molecular formula is C15H22O6. The Morgan fingerprint density at radius 1 is 1.38 bits per heavy atom. The Hall–Kier alpha value is -0.500. The van der Waals surface area contributed by atoms with Crippen molar-refractivity contribution < 1.29 is 29.9 Å². The highest BCUT2D eigenvalue weighted by molar-refractivity contribution is 5.42. The van der Waals surface area contributed by atoms with Crippen LogP contribution in [0.5, 0.6) is 0 Å². The van der Waals surface area contributed by atoms with Crippen LogP contribution in [0, 0.1) is 16.7 Å². The summed E-state index contributed by atoms with van der Waals surface area (Å²) in [6, 6.07) is 0. The van der Waals surface area contributed by atoms with Crippen LogP contribution in [0.1, 0.15) is 26.7 Å². The maximum absolute atomic E-state index is 11.1. The van der Waals surface area contributed by atoms with Gasteiger partial charge in [-0.2, -0.15) is 0 Å². The van der Waals surface area contributed by atoms with Crippen molar-refractivity contribution in [2.45, 2.75) is 50.5 Å². The minimum absolute atomic E-state index is 0.0147. The maximum atomic E-state index is 11.1. The number of allylic oxidation sites excluding steroid dienone is 1. The third-order valence-corrected chi connectivity index (χ3v) is 6.66. The number of hydrogen-bond donors (Lipinski definition) is 4. The van der Waals surface area contributed by atoms with Gasteiger partial charge in [0.05, 0.1) is 18.6 Å². The lowest BCUT2D eigenvalue weighted by Crippen LogP contribution is -2.76. The van der Waals surface area contributed by atoms with Crippen molar-refractivity contribution in [3.05, 3.63) is 11.6 Å². The van der Waals surface area contributed by atoms with Gasteiger partial charge in [-0.15, -0.1) is 0 Å². The number of aliphatic hydroxyl groups excluding tert-OH is 2. The van der Waals surface area contributed by atoms with Gasteiger partial charge in [0.15, 0.2) is 12.1 Å². The summed E-state index contributed by atoms with van der Waals surface area (Å²) in [5.41, 5.74) is -2.74. The summed E-state index contributed by atoms with van der Waals surface area (Å²) >= 11 is 0. The van der Waals surface area contributed by atoms with Crippen LogP contribution in [0.4, 0.5) is 0 Å². The van der Waals surface area contributed by atoms with Crippen molar-refractivity contribution in [1.82, 2.24) is 0 Å². The molecule has 7 atom stereocenters. The van der Waals surface area contributed by atoms with E-state index in [0.29, 0.717) is 0 Å². The minimum atomic E-state index is -1.84. The summed E-state index contributed by atoms with van der Waals surface area (Å²) < 4.78 is 11.2. The summed E-state index contributed by atoms with van der Waals surface area (Å²) in [6.45, 7) is 3.15. The Kier molecular flexibility index (Phi) is 2.48. The lowest BCUT2D eigenvalue weighted by Gasteiger charge is -2.64. The van der Waals surface area contributed by atoms with Crippen LogP contribution in [0.25, 0.3) is 0 Å². The highest BCUT2D eigenvalue weighted by Crippen LogP contribution is 2.70. The first-order valence-electron chi connectivity index (χ1n) is 7.49. The molecule has 1 spiro atoms. The summed E-state index contributed by atoms with van der Waals surface area (Å²) in [6.07, 6.45) is 0.950. The molecule has 0 amide bonds. The summed E-state index contributed by atoms with van der Waals surface area (Å²) in [4.78, 5) is 0. The number of fused-ring (bicyclic) bond motifs is 1. The van der Waals surface area contributed by atoms with Gasteiger partial charge in [0.25, 0.3) is 0 Å². The smallest absolute Gasteiger partial charge is 0.199 e. The molecule has 0 radical (unpaired) electrons. The zero-order valence-electron chi connectivity index (χ0n) is 12.2. The predicted octanol–water partition coefficient (Wildman–Crippen LogP) is -0.492. The average molecular weight is 298 g/mol. The second kappa shape index (κ2) is 3.69. The van der Waals surface area contributed by atoms with E-state index in [1.165, 1.54) is 6.92 Å². The number of hydrogen-bond acceptors (Lipinski definition) is 6. The van der Waals surface area contributed by atoms with E-state index in [-0.39, 0.29) is 25.6 Å². The average Bonchev–Trinajstić information content (AvgIpc) is 2.69. The topological polar surface area (TPSA) is 99.4 Å². The Labute approximate surface area is 123 Å². The fraction of sp³-hybridized carbons (Fsp3) is 0.867. The molecule has 6 heteroatoms. The summed E-state index contributed by atoms with van der Waals surface area (Å²) in [5.74, 6) is -1.75. The molecule has 3 aliphatic heterocycles. The van der Waals surface area contributed by atoms with Gasteiger partial charge in [0.1, 0.15) is 11.7 Å². The first kappa shape index (κ1) is 14.1. The zero-order valence-corrected chi connectivity index (χ0v) is 12.2. The fourth-order valence-corrected chi connectivity index (χ4v) is 5.14. The van der Waals surface area contributed by atoms with E-state index in [1.807, 2.05) is 13.0 Å². The monoisotopic (exact) mass is 298 g/mol. The van der Waals surface area contributed by atoms with Crippen LogP contribution in [0.2, 0.25) is 0 Å². The SMILES string of the molecule is CC1CC=C2C13CC1(O)OC(OCC2(CO)C1(C)O)C3O. The summed E-state index contributed by atoms with van der Waals surface area (Å²) in [7, 11) is 0. The largest absolute Gasteiger partial charge is 0.395 e. The van der Waals surface area contributed by atoms with Crippen molar-refractivity contribution >= 4 is 0 Å². The molecule has 3 saturated heterocycles. The van der Waals surface area contributed by atoms with E-state index in [2.05, 4.69) is 0 Å². The maximum Gasteiger partial charge on any atom is 0.199 e. The molecule has 4 N–H and O–H groups in total. The highest BCUT2D eigenvalue weighted by atomic mass is 16.8. The quantitative estimate of drug-likeness (QED) is 0.488. The number of rotatable bonds is 1. The van der Waals surface area contributed by atoms with E-state index in [0.717, 1.165) is 12.0 Å². The molecule has 21 heavy (non-hydrogen) atoms. The second-order valence-corrected chi connectivity index (χ2v) is 7.31. The molecule has 118 valence electrons. The van der Waals surface area contributed by atoms with Crippen molar-refractivity contribution in [3.63, 3.8) is 0 Å². The van der Waals surface area contributed by atoms with Crippen LogP contribution in [0.15, 0.2) is 11.6 Å². The fourth-order valence-electron chi connectivity index (χ4n) is 5.14. The number of aliphatic hydroxyl groups is 4. The molecule has 6 nitrogen and oxygen atoms in total. The highest BCUT2D eigenvalue weighted by Gasteiger charge is 2.79. The first-order valence-corrected chi connectivity index (χ1v) is 7.49. The van der Waals surface area contributed by atoms with Gasteiger partial charge in [-0.3, -0.25) is 0 Å². The molecule has 0 aromatic carbocycles. The molecule has 5 aliphatic rings. The van der Waals surface area contributed by atoms with Crippen molar-refractivity contribution in [2.75, 3.05) is 13.2 Å². The predicted molar refractivity (Wildman–Crippen MR) is 70.8 cm³/mol. The second-order valence-electron chi connectivity index (χ2n) is 7.31. The molecule has 0 aromatic rings. The molecule has 2 aliphatic carbocycles.